The van der Waals surface area contributed by atoms with E-state index < -0.39 is 22.0 Å². The Morgan fingerprint density at radius 2 is 1.48 bits per heavy atom. The monoisotopic (exact) mass is 419 g/mol. The molecule has 29 heavy (non-hydrogen) atoms. The van der Waals surface area contributed by atoms with Crippen LogP contribution in [0.15, 0.2) is 53.6 Å². The molecule has 0 saturated heterocycles. The third kappa shape index (κ3) is 5.71. The molecule has 2 aromatic rings. The average molecular weight is 420 g/mol. The van der Waals surface area contributed by atoms with E-state index in [1.54, 1.807) is 50.4 Å². The summed E-state index contributed by atoms with van der Waals surface area (Å²) in [6.45, 7) is 3.24. The Morgan fingerprint density at radius 1 is 1.00 bits per heavy atom. The smallest absolute Gasteiger partial charge is 0.263 e. The normalized spacial score (nSPS) is 12.8. The third-order valence-electron chi connectivity index (χ3n) is 4.26. The Labute approximate surface area is 171 Å². The second-order valence-corrected chi connectivity index (χ2v) is 8.19. The number of sulfonamides is 1. The van der Waals surface area contributed by atoms with Crippen molar-refractivity contribution < 1.29 is 22.7 Å². The SMILES string of the molecule is COc1ccc(/C(C)=N\NC(=O)[C@@H](C)N(c2ccc(OC)cc2)S(C)(=O)=O)cc1. The molecule has 0 saturated carbocycles. The number of hydrogen-bond donors (Lipinski definition) is 1. The molecule has 0 spiro atoms. The number of nitrogens with zero attached hydrogens (tertiary/aromatic N) is 2. The summed E-state index contributed by atoms with van der Waals surface area (Å²) in [4.78, 5) is 12.6. The maximum atomic E-state index is 12.6. The van der Waals surface area contributed by atoms with E-state index in [9.17, 15) is 13.2 Å². The number of carbonyl (C=O) groups is 1. The minimum absolute atomic E-state index is 0.354. The minimum Gasteiger partial charge on any atom is -0.497 e. The number of anilines is 1. The maximum Gasteiger partial charge on any atom is 0.263 e. The Morgan fingerprint density at radius 3 is 1.93 bits per heavy atom. The number of nitrogens with one attached hydrogen (secondary N) is 1. The van der Waals surface area contributed by atoms with Gasteiger partial charge in [-0.15, -0.1) is 0 Å². The van der Waals surface area contributed by atoms with E-state index in [1.165, 1.54) is 14.0 Å². The first-order valence-corrected chi connectivity index (χ1v) is 10.6. The second-order valence-electron chi connectivity index (χ2n) is 6.33. The summed E-state index contributed by atoms with van der Waals surface area (Å²) in [6.07, 6.45) is 1.05. The van der Waals surface area contributed by atoms with Crippen molar-refractivity contribution in [2.75, 3.05) is 24.8 Å². The second kappa shape index (κ2) is 9.42. The molecule has 0 bridgehead atoms. The maximum absolute atomic E-state index is 12.6. The molecule has 1 N–H and O–H groups in total. The molecule has 0 aliphatic rings. The van der Waals surface area contributed by atoms with Gasteiger partial charge in [-0.1, -0.05) is 0 Å². The van der Waals surface area contributed by atoms with Gasteiger partial charge in [0, 0.05) is 0 Å². The van der Waals surface area contributed by atoms with Crippen LogP contribution in [-0.4, -0.2) is 46.6 Å². The zero-order valence-electron chi connectivity index (χ0n) is 17.0. The number of carbonyl (C=O) groups excluding carboxylic acids is 1. The highest BCUT2D eigenvalue weighted by Crippen LogP contribution is 2.23. The quantitative estimate of drug-likeness (QED) is 0.523. The molecule has 8 nitrogen and oxygen atoms in total. The van der Waals surface area contributed by atoms with Crippen molar-refractivity contribution in [3.8, 4) is 11.5 Å². The predicted molar refractivity (Wildman–Crippen MR) is 113 cm³/mol. The zero-order valence-corrected chi connectivity index (χ0v) is 17.9. The van der Waals surface area contributed by atoms with E-state index in [0.717, 1.165) is 16.1 Å². The Kier molecular flexibility index (Phi) is 7.22. The van der Waals surface area contributed by atoms with Crippen LogP contribution in [0, 0.1) is 0 Å². The number of hydrogen-bond acceptors (Lipinski definition) is 6. The standard InChI is InChI=1S/C20H25N3O5S/c1-14(16-6-10-18(27-3)11-7-16)21-22-20(24)15(2)23(29(5,25)26)17-8-12-19(28-4)13-9-17/h6-13,15H,1-5H3,(H,22,24)/b21-14-/t15-/m1/s1. The van der Waals surface area contributed by atoms with Gasteiger partial charge in [-0.2, -0.15) is 5.10 Å². The van der Waals surface area contributed by atoms with Gasteiger partial charge in [0.1, 0.15) is 17.5 Å². The fourth-order valence-corrected chi connectivity index (χ4v) is 3.84. The summed E-state index contributed by atoms with van der Waals surface area (Å²) in [6, 6.07) is 12.6. The van der Waals surface area contributed by atoms with Gasteiger partial charge in [0.15, 0.2) is 0 Å². The molecular weight excluding hydrogens is 394 g/mol. The fourth-order valence-electron chi connectivity index (χ4n) is 2.67. The molecule has 0 radical (unpaired) electrons. The van der Waals surface area contributed by atoms with Crippen molar-refractivity contribution in [1.82, 2.24) is 5.43 Å². The van der Waals surface area contributed by atoms with Gasteiger partial charge >= 0.3 is 0 Å². The van der Waals surface area contributed by atoms with Gasteiger partial charge in [-0.3, -0.25) is 9.10 Å². The topological polar surface area (TPSA) is 97.3 Å². The van der Waals surface area contributed by atoms with Gasteiger partial charge in [0.05, 0.1) is 31.9 Å². The number of benzene rings is 2. The number of amides is 1. The first-order chi connectivity index (χ1) is 13.7. The van der Waals surface area contributed by atoms with Crippen molar-refractivity contribution >= 4 is 27.3 Å². The van der Waals surface area contributed by atoms with Crippen molar-refractivity contribution in [2.45, 2.75) is 19.9 Å². The molecule has 1 atom stereocenters. The van der Waals surface area contributed by atoms with E-state index in [0.29, 0.717) is 22.9 Å². The Bertz CT molecular complexity index is 970. The summed E-state index contributed by atoms with van der Waals surface area (Å²) < 4.78 is 35.9. The molecule has 0 aliphatic carbocycles. The predicted octanol–water partition coefficient (Wildman–Crippen LogP) is 2.40. The molecule has 0 heterocycles. The van der Waals surface area contributed by atoms with Crippen molar-refractivity contribution in [3.05, 3.63) is 54.1 Å². The van der Waals surface area contributed by atoms with Crippen LogP contribution in [0.5, 0.6) is 11.5 Å². The number of ether oxygens (including phenoxy) is 2. The van der Waals surface area contributed by atoms with E-state index in [-0.39, 0.29) is 0 Å². The molecular formula is C20H25N3O5S. The highest BCUT2D eigenvalue weighted by atomic mass is 32.2. The Hall–Kier alpha value is -3.07. The van der Waals surface area contributed by atoms with Crippen molar-refractivity contribution in [3.63, 3.8) is 0 Å². The molecule has 0 aliphatic heterocycles. The number of methoxy groups -OCH3 is 2. The molecule has 2 rings (SSSR count). The minimum atomic E-state index is -3.71. The van der Waals surface area contributed by atoms with Crippen LogP contribution >= 0.6 is 0 Å². The van der Waals surface area contributed by atoms with Crippen LogP contribution in [0.3, 0.4) is 0 Å². The van der Waals surface area contributed by atoms with Crippen LogP contribution in [-0.2, 0) is 14.8 Å². The fraction of sp³-hybridized carbons (Fsp3) is 0.300. The molecule has 156 valence electrons. The van der Waals surface area contributed by atoms with Gasteiger partial charge in [0.25, 0.3) is 5.91 Å². The van der Waals surface area contributed by atoms with E-state index in [2.05, 4.69) is 10.5 Å². The summed E-state index contributed by atoms with van der Waals surface area (Å²) in [5.41, 5.74) is 4.17. The van der Waals surface area contributed by atoms with Gasteiger partial charge in [-0.05, 0) is 67.9 Å². The molecule has 0 fully saturated rings. The lowest BCUT2D eigenvalue weighted by molar-refractivity contribution is -0.121. The lowest BCUT2D eigenvalue weighted by Crippen LogP contribution is -2.46. The van der Waals surface area contributed by atoms with Gasteiger partial charge in [0.2, 0.25) is 10.0 Å². The first kappa shape index (κ1) is 22.2. The van der Waals surface area contributed by atoms with Crippen LogP contribution in [0.4, 0.5) is 5.69 Å². The van der Waals surface area contributed by atoms with Gasteiger partial charge < -0.3 is 9.47 Å². The zero-order chi connectivity index (χ0) is 21.6. The Balaban J connectivity index is 2.19. The summed E-state index contributed by atoms with van der Waals surface area (Å²) in [5.74, 6) is 0.737. The van der Waals surface area contributed by atoms with Crippen molar-refractivity contribution in [2.24, 2.45) is 5.10 Å². The summed E-state index contributed by atoms with van der Waals surface area (Å²) in [5, 5.41) is 4.09. The van der Waals surface area contributed by atoms with E-state index >= 15 is 0 Å². The first-order valence-electron chi connectivity index (χ1n) is 8.79. The van der Waals surface area contributed by atoms with Gasteiger partial charge in [-0.25, -0.2) is 13.8 Å². The molecule has 9 heteroatoms. The van der Waals surface area contributed by atoms with E-state index in [1.807, 2.05) is 12.1 Å². The van der Waals surface area contributed by atoms with Crippen LogP contribution in [0.25, 0.3) is 0 Å². The van der Waals surface area contributed by atoms with Crippen LogP contribution < -0.4 is 19.2 Å². The summed E-state index contributed by atoms with van der Waals surface area (Å²) >= 11 is 0. The number of rotatable bonds is 8. The summed E-state index contributed by atoms with van der Waals surface area (Å²) in [7, 11) is -0.617. The molecule has 2 aromatic carbocycles. The molecule has 0 unspecified atom stereocenters. The third-order valence-corrected chi connectivity index (χ3v) is 5.50. The van der Waals surface area contributed by atoms with Crippen LogP contribution in [0.1, 0.15) is 19.4 Å². The molecule has 0 aromatic heterocycles. The van der Waals surface area contributed by atoms with Crippen molar-refractivity contribution in [1.29, 1.82) is 0 Å². The van der Waals surface area contributed by atoms with Crippen LogP contribution in [0.2, 0.25) is 0 Å². The largest absolute Gasteiger partial charge is 0.497 e. The highest BCUT2D eigenvalue weighted by molar-refractivity contribution is 7.92. The highest BCUT2D eigenvalue weighted by Gasteiger charge is 2.29. The lowest BCUT2D eigenvalue weighted by atomic mass is 10.1. The number of hydrazone groups is 1. The lowest BCUT2D eigenvalue weighted by Gasteiger charge is -2.27. The molecule has 1 amide bonds. The average Bonchev–Trinajstić information content (AvgIpc) is 2.71. The van der Waals surface area contributed by atoms with E-state index in [4.69, 9.17) is 9.47 Å².